The highest BCUT2D eigenvalue weighted by atomic mass is 16.5. The second-order valence-electron chi connectivity index (χ2n) is 10.8. The fourth-order valence-electron chi connectivity index (χ4n) is 7.22. The van der Waals surface area contributed by atoms with E-state index >= 15 is 0 Å². The lowest BCUT2D eigenvalue weighted by Crippen LogP contribution is -2.71. The Morgan fingerprint density at radius 3 is 2.79 bits per heavy atom. The average molecular weight is 467 g/mol. The van der Waals surface area contributed by atoms with Gasteiger partial charge in [-0.05, 0) is 79.7 Å². The molecule has 0 aromatic heterocycles. The van der Waals surface area contributed by atoms with Gasteiger partial charge in [0.05, 0.1) is 31.1 Å². The van der Waals surface area contributed by atoms with Crippen molar-refractivity contribution in [2.45, 2.75) is 75.1 Å². The largest absolute Gasteiger partial charge is 0.419 e. The summed E-state index contributed by atoms with van der Waals surface area (Å²) in [4.78, 5) is 14.7. The van der Waals surface area contributed by atoms with Crippen molar-refractivity contribution < 1.29 is 19.4 Å². The van der Waals surface area contributed by atoms with Crippen molar-refractivity contribution in [1.82, 2.24) is 10.2 Å². The Kier molecular flexibility index (Phi) is 6.58. The Hall–Kier alpha value is -2.15. The normalized spacial score (nSPS) is 37.4. The number of aliphatic hydroxyl groups is 1. The Morgan fingerprint density at radius 2 is 2.06 bits per heavy atom. The standard InChI is InChI=1S/C28H38N2O4/c1-3-20-8-5-6-9-23(20)21-10-13-27(14-11-21)17-22(27)16-24-28(19-33-18-25(31)29-28)12-7-15-30(24)26(32)34-4-2/h3-6,8-9,21-22,24-25,29,31H,1-2,7,10-19H2. The van der Waals surface area contributed by atoms with Crippen molar-refractivity contribution in [3.8, 4) is 0 Å². The molecule has 0 radical (unpaired) electrons. The van der Waals surface area contributed by atoms with Gasteiger partial charge in [-0.25, -0.2) is 4.79 Å². The van der Waals surface area contributed by atoms with Gasteiger partial charge in [-0.3, -0.25) is 5.32 Å². The number of likely N-dealkylation sites (tertiary alicyclic amines) is 1. The molecule has 1 aromatic rings. The van der Waals surface area contributed by atoms with Crippen LogP contribution in [0.5, 0.6) is 0 Å². The highest BCUT2D eigenvalue weighted by molar-refractivity contribution is 5.69. The maximum atomic E-state index is 12.8. The number of morpholine rings is 1. The molecule has 2 spiro atoms. The summed E-state index contributed by atoms with van der Waals surface area (Å²) in [7, 11) is 0. The van der Waals surface area contributed by atoms with E-state index in [2.05, 4.69) is 42.7 Å². The van der Waals surface area contributed by atoms with Crippen molar-refractivity contribution in [1.29, 1.82) is 0 Å². The third-order valence-electron chi connectivity index (χ3n) is 9.05. The van der Waals surface area contributed by atoms with E-state index < -0.39 is 11.8 Å². The molecule has 34 heavy (non-hydrogen) atoms. The molecule has 5 rings (SSSR count). The molecule has 2 saturated heterocycles. The summed E-state index contributed by atoms with van der Waals surface area (Å²) in [6, 6.07) is 8.59. The molecule has 2 aliphatic carbocycles. The molecule has 4 atom stereocenters. The minimum Gasteiger partial charge on any atom is -0.419 e. The number of aliphatic hydroxyl groups excluding tert-OH is 1. The van der Waals surface area contributed by atoms with Gasteiger partial charge in [-0.1, -0.05) is 43.5 Å². The van der Waals surface area contributed by atoms with Crippen LogP contribution in [0.15, 0.2) is 43.7 Å². The first kappa shape index (κ1) is 23.6. The Labute approximate surface area is 203 Å². The van der Waals surface area contributed by atoms with E-state index in [1.54, 1.807) is 0 Å². The van der Waals surface area contributed by atoms with E-state index in [1.165, 1.54) is 49.5 Å². The molecule has 1 amide bonds. The number of carbonyl (C=O) groups is 1. The van der Waals surface area contributed by atoms with E-state index in [0.717, 1.165) is 19.3 Å². The summed E-state index contributed by atoms with van der Waals surface area (Å²) in [5.74, 6) is 1.19. The summed E-state index contributed by atoms with van der Waals surface area (Å²) in [5.41, 5.74) is 2.66. The Bertz CT molecular complexity index is 921. The molecule has 2 aliphatic heterocycles. The van der Waals surface area contributed by atoms with Crippen LogP contribution in [0.1, 0.15) is 68.4 Å². The molecular weight excluding hydrogens is 428 g/mol. The number of rotatable bonds is 5. The van der Waals surface area contributed by atoms with Crippen LogP contribution < -0.4 is 5.32 Å². The van der Waals surface area contributed by atoms with E-state index in [1.807, 2.05) is 11.0 Å². The van der Waals surface area contributed by atoms with Gasteiger partial charge in [0.1, 0.15) is 6.23 Å². The first-order valence-corrected chi connectivity index (χ1v) is 12.8. The van der Waals surface area contributed by atoms with E-state index in [0.29, 0.717) is 30.4 Å². The number of amides is 1. The Morgan fingerprint density at radius 1 is 1.26 bits per heavy atom. The minimum atomic E-state index is -0.708. The zero-order valence-electron chi connectivity index (χ0n) is 20.1. The molecule has 184 valence electrons. The fourth-order valence-corrected chi connectivity index (χ4v) is 7.22. The zero-order valence-corrected chi connectivity index (χ0v) is 20.1. The lowest BCUT2D eigenvalue weighted by Gasteiger charge is -2.52. The highest BCUT2D eigenvalue weighted by Crippen LogP contribution is 2.65. The van der Waals surface area contributed by atoms with Crippen molar-refractivity contribution in [2.24, 2.45) is 11.3 Å². The summed E-state index contributed by atoms with van der Waals surface area (Å²) in [6.07, 6.45) is 10.9. The van der Waals surface area contributed by atoms with Crippen LogP contribution in [0, 0.1) is 11.3 Å². The number of carbonyl (C=O) groups excluding carboxylic acids is 1. The van der Waals surface area contributed by atoms with E-state index in [9.17, 15) is 9.90 Å². The van der Waals surface area contributed by atoms with Crippen molar-refractivity contribution in [2.75, 3.05) is 19.8 Å². The average Bonchev–Trinajstić information content (AvgIpc) is 3.51. The number of piperidine rings is 1. The molecule has 2 saturated carbocycles. The van der Waals surface area contributed by atoms with E-state index in [-0.39, 0.29) is 18.7 Å². The number of nitrogens with zero attached hydrogens (tertiary/aromatic N) is 1. The molecular formula is C28H38N2O4. The maximum absolute atomic E-state index is 12.8. The van der Waals surface area contributed by atoms with Crippen molar-refractivity contribution in [3.63, 3.8) is 0 Å². The molecule has 4 fully saturated rings. The maximum Gasteiger partial charge on any atom is 0.414 e. The van der Waals surface area contributed by atoms with Crippen LogP contribution in [-0.2, 0) is 9.47 Å². The van der Waals surface area contributed by atoms with Crippen LogP contribution in [-0.4, -0.2) is 53.7 Å². The molecule has 1 aromatic carbocycles. The predicted molar refractivity (Wildman–Crippen MR) is 132 cm³/mol. The Balaban J connectivity index is 1.30. The van der Waals surface area contributed by atoms with Crippen LogP contribution >= 0.6 is 0 Å². The topological polar surface area (TPSA) is 71.0 Å². The second-order valence-corrected chi connectivity index (χ2v) is 10.8. The lowest BCUT2D eigenvalue weighted by atomic mass is 9.73. The lowest BCUT2D eigenvalue weighted by molar-refractivity contribution is -0.112. The SMILES string of the molecule is C=COC(=O)N1CCCC2(COCC(O)N2)C1CC1CC12CCC(c1ccccc1C=C)CC2. The molecule has 4 unspecified atom stereocenters. The van der Waals surface area contributed by atoms with Gasteiger partial charge in [-0.15, -0.1) is 0 Å². The summed E-state index contributed by atoms with van der Waals surface area (Å²) < 4.78 is 11.0. The molecule has 2 heterocycles. The van der Waals surface area contributed by atoms with Crippen LogP contribution in [0.4, 0.5) is 4.79 Å². The van der Waals surface area contributed by atoms with Crippen molar-refractivity contribution in [3.05, 3.63) is 54.8 Å². The second kappa shape index (κ2) is 9.48. The van der Waals surface area contributed by atoms with Gasteiger partial charge in [0.15, 0.2) is 0 Å². The van der Waals surface area contributed by atoms with Crippen LogP contribution in [0.2, 0.25) is 0 Å². The smallest absolute Gasteiger partial charge is 0.414 e. The molecule has 6 heteroatoms. The van der Waals surface area contributed by atoms with Crippen molar-refractivity contribution >= 4 is 12.2 Å². The molecule has 6 nitrogen and oxygen atoms in total. The molecule has 0 bridgehead atoms. The molecule has 2 N–H and O–H groups in total. The van der Waals surface area contributed by atoms with Gasteiger partial charge >= 0.3 is 6.09 Å². The van der Waals surface area contributed by atoms with Gasteiger partial charge in [0.2, 0.25) is 0 Å². The number of ether oxygens (including phenoxy) is 2. The molecule has 4 aliphatic rings. The predicted octanol–water partition coefficient (Wildman–Crippen LogP) is 4.81. The number of nitrogens with one attached hydrogen (secondary N) is 1. The number of hydrogen-bond acceptors (Lipinski definition) is 5. The monoisotopic (exact) mass is 466 g/mol. The summed E-state index contributed by atoms with van der Waals surface area (Å²) in [5, 5.41) is 13.8. The number of hydrogen-bond donors (Lipinski definition) is 2. The third-order valence-corrected chi connectivity index (χ3v) is 9.05. The van der Waals surface area contributed by atoms with Crippen LogP contribution in [0.3, 0.4) is 0 Å². The van der Waals surface area contributed by atoms with Gasteiger partial charge in [-0.2, -0.15) is 0 Å². The first-order valence-electron chi connectivity index (χ1n) is 12.8. The summed E-state index contributed by atoms with van der Waals surface area (Å²) >= 11 is 0. The first-order chi connectivity index (χ1) is 16.5. The van der Waals surface area contributed by atoms with Crippen LogP contribution in [0.25, 0.3) is 6.08 Å². The van der Waals surface area contributed by atoms with E-state index in [4.69, 9.17) is 9.47 Å². The van der Waals surface area contributed by atoms with Gasteiger partial charge in [0.25, 0.3) is 0 Å². The van der Waals surface area contributed by atoms with Gasteiger partial charge < -0.3 is 19.5 Å². The third kappa shape index (κ3) is 4.32. The number of benzene rings is 1. The minimum absolute atomic E-state index is 0.0627. The fraction of sp³-hybridized carbons (Fsp3) is 0.607. The summed E-state index contributed by atoms with van der Waals surface area (Å²) in [6.45, 7) is 9.02. The quantitative estimate of drug-likeness (QED) is 0.610. The zero-order chi connectivity index (χ0) is 23.8. The van der Waals surface area contributed by atoms with Gasteiger partial charge in [0, 0.05) is 6.54 Å². The highest BCUT2D eigenvalue weighted by Gasteiger charge is 2.59.